The summed E-state index contributed by atoms with van der Waals surface area (Å²) < 4.78 is 12.9. The number of hydrogen-bond donors (Lipinski definition) is 2. The molecule has 0 fully saturated rings. The molecule has 2 N–H and O–H groups in total. The van der Waals surface area contributed by atoms with Crippen LogP contribution in [0.2, 0.25) is 0 Å². The van der Waals surface area contributed by atoms with E-state index in [1.54, 1.807) is 24.4 Å². The van der Waals surface area contributed by atoms with E-state index in [9.17, 15) is 14.0 Å². The average Bonchev–Trinajstić information content (AvgIpc) is 3.06. The van der Waals surface area contributed by atoms with Gasteiger partial charge in [0.05, 0.1) is 5.69 Å². The van der Waals surface area contributed by atoms with Crippen molar-refractivity contribution in [2.75, 3.05) is 5.32 Å². The topological polar surface area (TPSA) is 74.8 Å². The van der Waals surface area contributed by atoms with Gasteiger partial charge < -0.3 is 4.98 Å². The van der Waals surface area contributed by atoms with Crippen LogP contribution in [0.5, 0.6) is 0 Å². The smallest absolute Gasteiger partial charge is 0.305 e. The number of anilines is 1. The second kappa shape index (κ2) is 5.82. The second-order valence-corrected chi connectivity index (χ2v) is 6.31. The van der Waals surface area contributed by atoms with E-state index in [-0.39, 0.29) is 16.6 Å². The van der Waals surface area contributed by atoms with Crippen LogP contribution in [-0.4, -0.2) is 15.9 Å². The number of H-pyrrole nitrogens is 1. The standard InChI is InChI=1S/C14H10FN3O2S2/c1-7-11(22-14(20)16-7)12(19)18-13-17-10(6-21-13)8-2-4-9(15)5-3-8/h2-6H,1H3,(H,16,20)(H,17,18,19). The summed E-state index contributed by atoms with van der Waals surface area (Å²) in [5, 5.41) is 4.85. The first-order chi connectivity index (χ1) is 10.5. The molecule has 0 atom stereocenters. The Hall–Kier alpha value is -2.32. The molecule has 3 rings (SSSR count). The zero-order chi connectivity index (χ0) is 15.7. The van der Waals surface area contributed by atoms with Gasteiger partial charge in [-0.25, -0.2) is 9.37 Å². The van der Waals surface area contributed by atoms with Crippen LogP contribution in [0.3, 0.4) is 0 Å². The first-order valence-corrected chi connectivity index (χ1v) is 7.95. The molecule has 2 aromatic heterocycles. The molecular formula is C14H10FN3O2S2. The Morgan fingerprint density at radius 1 is 1.32 bits per heavy atom. The van der Waals surface area contributed by atoms with Gasteiger partial charge in [-0.15, -0.1) is 11.3 Å². The molecule has 0 saturated carbocycles. The van der Waals surface area contributed by atoms with Crippen molar-refractivity contribution in [3.63, 3.8) is 0 Å². The summed E-state index contributed by atoms with van der Waals surface area (Å²) in [6, 6.07) is 5.96. The van der Waals surface area contributed by atoms with Crippen molar-refractivity contribution in [2.45, 2.75) is 6.92 Å². The molecule has 2 heterocycles. The number of nitrogens with one attached hydrogen (secondary N) is 2. The summed E-state index contributed by atoms with van der Waals surface area (Å²) in [5.74, 6) is -0.689. The minimum Gasteiger partial charge on any atom is -0.316 e. The lowest BCUT2D eigenvalue weighted by Gasteiger charge is -1.99. The molecule has 0 bridgehead atoms. The Labute approximate surface area is 132 Å². The molecule has 0 saturated heterocycles. The van der Waals surface area contributed by atoms with Crippen molar-refractivity contribution in [1.29, 1.82) is 0 Å². The summed E-state index contributed by atoms with van der Waals surface area (Å²) in [6.45, 7) is 1.67. The molecule has 0 unspecified atom stereocenters. The lowest BCUT2D eigenvalue weighted by atomic mass is 10.2. The van der Waals surface area contributed by atoms with Gasteiger partial charge in [0, 0.05) is 16.6 Å². The van der Waals surface area contributed by atoms with Crippen LogP contribution in [0.4, 0.5) is 9.52 Å². The molecule has 1 amide bonds. The highest BCUT2D eigenvalue weighted by molar-refractivity contribution is 7.14. The number of aryl methyl sites for hydroxylation is 1. The maximum atomic E-state index is 12.9. The molecule has 5 nitrogen and oxygen atoms in total. The third-order valence-corrected chi connectivity index (χ3v) is 4.64. The lowest BCUT2D eigenvalue weighted by molar-refractivity contribution is 0.103. The minimum atomic E-state index is -0.374. The van der Waals surface area contributed by atoms with E-state index in [0.29, 0.717) is 21.4 Å². The van der Waals surface area contributed by atoms with Crippen molar-refractivity contribution in [3.8, 4) is 11.3 Å². The molecule has 0 spiro atoms. The highest BCUT2D eigenvalue weighted by Crippen LogP contribution is 2.25. The van der Waals surface area contributed by atoms with Gasteiger partial charge in [-0.2, -0.15) is 0 Å². The number of aromatic amines is 1. The van der Waals surface area contributed by atoms with E-state index in [0.717, 1.165) is 16.9 Å². The summed E-state index contributed by atoms with van der Waals surface area (Å²) in [6.07, 6.45) is 0. The molecule has 0 radical (unpaired) electrons. The molecule has 0 aliphatic carbocycles. The van der Waals surface area contributed by atoms with E-state index in [1.165, 1.54) is 23.5 Å². The van der Waals surface area contributed by atoms with E-state index in [1.807, 2.05) is 0 Å². The Morgan fingerprint density at radius 2 is 2.05 bits per heavy atom. The molecule has 22 heavy (non-hydrogen) atoms. The first-order valence-electron chi connectivity index (χ1n) is 6.25. The number of nitrogens with zero attached hydrogens (tertiary/aromatic N) is 1. The number of carbonyl (C=O) groups excluding carboxylic acids is 1. The van der Waals surface area contributed by atoms with Gasteiger partial charge in [-0.05, 0) is 31.2 Å². The van der Waals surface area contributed by atoms with Gasteiger partial charge in [0.2, 0.25) is 0 Å². The number of benzene rings is 1. The van der Waals surface area contributed by atoms with Crippen molar-refractivity contribution < 1.29 is 9.18 Å². The third-order valence-electron chi connectivity index (χ3n) is 2.90. The number of carbonyl (C=O) groups is 1. The van der Waals surface area contributed by atoms with Crippen LogP contribution in [-0.2, 0) is 0 Å². The first kappa shape index (κ1) is 14.6. The largest absolute Gasteiger partial charge is 0.316 e. The monoisotopic (exact) mass is 335 g/mol. The van der Waals surface area contributed by atoms with E-state index in [2.05, 4.69) is 15.3 Å². The van der Waals surface area contributed by atoms with Crippen molar-refractivity contribution >= 4 is 33.7 Å². The van der Waals surface area contributed by atoms with Crippen LogP contribution in [0.15, 0.2) is 34.4 Å². The third kappa shape index (κ3) is 2.97. The van der Waals surface area contributed by atoms with Crippen LogP contribution >= 0.6 is 22.7 Å². The summed E-state index contributed by atoms with van der Waals surface area (Å²) >= 11 is 2.12. The highest BCUT2D eigenvalue weighted by atomic mass is 32.1. The highest BCUT2D eigenvalue weighted by Gasteiger charge is 2.15. The van der Waals surface area contributed by atoms with Gasteiger partial charge in [-0.3, -0.25) is 14.9 Å². The van der Waals surface area contributed by atoms with E-state index < -0.39 is 0 Å². The average molecular weight is 335 g/mol. The predicted molar refractivity (Wildman–Crippen MR) is 85.1 cm³/mol. The SMILES string of the molecule is Cc1[nH]c(=O)sc1C(=O)Nc1nc(-c2ccc(F)cc2)cs1. The zero-order valence-electron chi connectivity index (χ0n) is 11.3. The van der Waals surface area contributed by atoms with E-state index >= 15 is 0 Å². The Morgan fingerprint density at radius 3 is 2.68 bits per heavy atom. The summed E-state index contributed by atoms with van der Waals surface area (Å²) in [4.78, 5) is 30.2. The number of rotatable bonds is 3. The molecular weight excluding hydrogens is 325 g/mol. The molecule has 1 aromatic carbocycles. The molecule has 0 aliphatic rings. The summed E-state index contributed by atoms with van der Waals surface area (Å²) in [5.41, 5.74) is 1.95. The van der Waals surface area contributed by atoms with Gasteiger partial charge in [0.1, 0.15) is 10.7 Å². The fourth-order valence-corrected chi connectivity index (χ4v) is 3.31. The van der Waals surface area contributed by atoms with Crippen LogP contribution in [0, 0.1) is 12.7 Å². The number of hydrogen-bond acceptors (Lipinski definition) is 5. The minimum absolute atomic E-state index is 0.270. The van der Waals surface area contributed by atoms with Gasteiger partial charge in [-0.1, -0.05) is 11.3 Å². The number of thiazole rings is 2. The summed E-state index contributed by atoms with van der Waals surface area (Å²) in [7, 11) is 0. The van der Waals surface area contributed by atoms with Crippen molar-refractivity contribution in [2.24, 2.45) is 0 Å². The zero-order valence-corrected chi connectivity index (χ0v) is 13.0. The fourth-order valence-electron chi connectivity index (χ4n) is 1.86. The quantitative estimate of drug-likeness (QED) is 0.771. The molecule has 3 aromatic rings. The van der Waals surface area contributed by atoms with Crippen LogP contribution < -0.4 is 10.2 Å². The maximum absolute atomic E-state index is 12.9. The second-order valence-electron chi connectivity index (χ2n) is 4.47. The van der Waals surface area contributed by atoms with Crippen molar-refractivity contribution in [3.05, 3.63) is 55.7 Å². The molecule has 112 valence electrons. The normalized spacial score (nSPS) is 10.6. The lowest BCUT2D eigenvalue weighted by Crippen LogP contribution is -2.11. The number of halogens is 1. The number of amides is 1. The van der Waals surface area contributed by atoms with Crippen LogP contribution in [0.1, 0.15) is 15.4 Å². The van der Waals surface area contributed by atoms with Gasteiger partial charge >= 0.3 is 4.87 Å². The Bertz CT molecular complexity index is 880. The van der Waals surface area contributed by atoms with Gasteiger partial charge in [0.25, 0.3) is 5.91 Å². The van der Waals surface area contributed by atoms with E-state index in [4.69, 9.17) is 0 Å². The fraction of sp³-hybridized carbons (Fsp3) is 0.0714. The van der Waals surface area contributed by atoms with Gasteiger partial charge in [0.15, 0.2) is 5.13 Å². The predicted octanol–water partition coefficient (Wildman–Crippen LogP) is 3.26. The Balaban J connectivity index is 1.79. The number of aromatic nitrogens is 2. The maximum Gasteiger partial charge on any atom is 0.305 e. The molecule has 0 aliphatic heterocycles. The molecule has 8 heteroatoms. The Kier molecular flexibility index (Phi) is 3.86. The van der Waals surface area contributed by atoms with Crippen LogP contribution in [0.25, 0.3) is 11.3 Å². The van der Waals surface area contributed by atoms with Crippen molar-refractivity contribution in [1.82, 2.24) is 9.97 Å².